The lowest BCUT2D eigenvalue weighted by Gasteiger charge is -2.15. The van der Waals surface area contributed by atoms with Gasteiger partial charge >= 0.3 is 0 Å². The fraction of sp³-hybridized carbons (Fsp3) is 0.333. The molecule has 7 heteroatoms. The highest BCUT2D eigenvalue weighted by Crippen LogP contribution is 2.25. The first-order chi connectivity index (χ1) is 7.61. The summed E-state index contributed by atoms with van der Waals surface area (Å²) in [6, 6.07) is 1.91. The molecule has 1 atom stereocenters. The highest BCUT2D eigenvalue weighted by atomic mass is 35.5. The van der Waals surface area contributed by atoms with Crippen molar-refractivity contribution in [3.8, 4) is 6.07 Å². The normalized spacial score (nSPS) is 19.9. The van der Waals surface area contributed by atoms with Crippen LogP contribution < -0.4 is 4.90 Å². The molecule has 16 heavy (non-hydrogen) atoms. The van der Waals surface area contributed by atoms with Gasteiger partial charge in [-0.25, -0.2) is 4.98 Å². The average Bonchev–Trinajstić information content (AvgIpc) is 2.57. The first kappa shape index (κ1) is 11.1. The van der Waals surface area contributed by atoms with Gasteiger partial charge in [0.2, 0.25) is 11.2 Å². The third-order valence-electron chi connectivity index (χ3n) is 2.19. The zero-order chi connectivity index (χ0) is 11.7. The van der Waals surface area contributed by atoms with Gasteiger partial charge < -0.3 is 0 Å². The molecule has 1 aliphatic heterocycles. The zero-order valence-electron chi connectivity index (χ0n) is 8.02. The lowest BCUT2D eigenvalue weighted by Crippen LogP contribution is -2.26. The second-order valence-corrected chi connectivity index (χ2v) is 4.25. The van der Waals surface area contributed by atoms with Gasteiger partial charge in [-0.2, -0.15) is 10.2 Å². The first-order valence-electron chi connectivity index (χ1n) is 4.49. The third kappa shape index (κ3) is 1.94. The van der Waals surface area contributed by atoms with E-state index >= 15 is 0 Å². The Kier molecular flexibility index (Phi) is 2.95. The second kappa shape index (κ2) is 4.24. The van der Waals surface area contributed by atoms with Gasteiger partial charge in [-0.05, 0) is 11.6 Å². The summed E-state index contributed by atoms with van der Waals surface area (Å²) in [4.78, 5) is 20.5. The Balaban J connectivity index is 2.44. The number of halogens is 2. The molecule has 0 bridgehead atoms. The molecule has 1 aromatic rings. The van der Waals surface area contributed by atoms with Crippen LogP contribution in [0.25, 0.3) is 0 Å². The number of hydrogen-bond acceptors (Lipinski definition) is 4. The van der Waals surface area contributed by atoms with E-state index in [2.05, 4.69) is 9.97 Å². The molecule has 2 rings (SSSR count). The Morgan fingerprint density at radius 1 is 1.62 bits per heavy atom. The van der Waals surface area contributed by atoms with Gasteiger partial charge in [0.15, 0.2) is 5.82 Å². The van der Waals surface area contributed by atoms with E-state index in [1.54, 1.807) is 0 Å². The summed E-state index contributed by atoms with van der Waals surface area (Å²) in [6.07, 6.45) is 1.54. The predicted molar refractivity (Wildman–Crippen MR) is 58.4 cm³/mol. The van der Waals surface area contributed by atoms with Crippen molar-refractivity contribution in [3.63, 3.8) is 0 Å². The van der Waals surface area contributed by atoms with E-state index in [4.69, 9.17) is 28.5 Å². The number of carbonyl (C=O) groups excluding carboxylic acids is 1. The van der Waals surface area contributed by atoms with E-state index in [0.717, 1.165) is 0 Å². The Morgan fingerprint density at radius 2 is 2.38 bits per heavy atom. The van der Waals surface area contributed by atoms with E-state index in [1.165, 1.54) is 11.1 Å². The molecular formula is C9H6Cl2N4O. The molecule has 1 amide bonds. The largest absolute Gasteiger partial charge is 0.294 e. The molecule has 2 heterocycles. The highest BCUT2D eigenvalue weighted by molar-refractivity contribution is 6.28. The van der Waals surface area contributed by atoms with Gasteiger partial charge in [-0.1, -0.05) is 0 Å². The second-order valence-electron chi connectivity index (χ2n) is 3.29. The number of alkyl halides is 1. The monoisotopic (exact) mass is 256 g/mol. The maximum atomic E-state index is 11.6. The van der Waals surface area contributed by atoms with Gasteiger partial charge in [0.25, 0.3) is 0 Å². The van der Waals surface area contributed by atoms with Gasteiger partial charge in [0.1, 0.15) is 11.6 Å². The molecule has 1 fully saturated rings. The Labute approximate surface area is 102 Å². The van der Waals surface area contributed by atoms with Crippen LogP contribution in [0.1, 0.15) is 12.0 Å². The third-order valence-corrected chi connectivity index (χ3v) is 2.67. The summed E-state index contributed by atoms with van der Waals surface area (Å²) in [5.74, 6) is 0.0712. The van der Waals surface area contributed by atoms with Crippen molar-refractivity contribution in [1.29, 1.82) is 5.26 Å². The topological polar surface area (TPSA) is 69.9 Å². The maximum absolute atomic E-state index is 11.6. The lowest BCUT2D eigenvalue weighted by atomic mass is 10.3. The van der Waals surface area contributed by atoms with Crippen LogP contribution in [0.5, 0.6) is 0 Å². The lowest BCUT2D eigenvalue weighted by molar-refractivity contribution is -0.117. The zero-order valence-corrected chi connectivity index (χ0v) is 9.53. The fourth-order valence-electron chi connectivity index (χ4n) is 1.51. The average molecular weight is 257 g/mol. The minimum atomic E-state index is -0.257. The van der Waals surface area contributed by atoms with Crippen molar-refractivity contribution in [1.82, 2.24) is 9.97 Å². The number of aromatic nitrogens is 2. The van der Waals surface area contributed by atoms with Crippen LogP contribution in [-0.2, 0) is 4.79 Å². The van der Waals surface area contributed by atoms with E-state index in [9.17, 15) is 4.79 Å². The molecule has 1 unspecified atom stereocenters. The van der Waals surface area contributed by atoms with E-state index in [0.29, 0.717) is 6.54 Å². The number of carbonyl (C=O) groups is 1. The van der Waals surface area contributed by atoms with Gasteiger partial charge in [0, 0.05) is 13.0 Å². The SMILES string of the molecule is N#Cc1cnc(Cl)nc1N1CC(Cl)CC1=O. The quantitative estimate of drug-likeness (QED) is 0.562. The number of hydrogen-bond donors (Lipinski definition) is 0. The van der Waals surface area contributed by atoms with Crippen molar-refractivity contribution >= 4 is 34.9 Å². The van der Waals surface area contributed by atoms with Gasteiger partial charge in [-0.15, -0.1) is 11.6 Å². The van der Waals surface area contributed by atoms with Crippen LogP contribution in [0.15, 0.2) is 6.20 Å². The van der Waals surface area contributed by atoms with Crippen LogP contribution in [-0.4, -0.2) is 27.8 Å². The van der Waals surface area contributed by atoms with Gasteiger partial charge in [-0.3, -0.25) is 9.69 Å². The molecule has 0 aliphatic carbocycles. The number of nitriles is 1. The first-order valence-corrected chi connectivity index (χ1v) is 5.30. The molecule has 82 valence electrons. The van der Waals surface area contributed by atoms with E-state index in [1.807, 2.05) is 6.07 Å². The highest BCUT2D eigenvalue weighted by Gasteiger charge is 2.31. The molecule has 1 aromatic heterocycles. The number of anilines is 1. The number of amides is 1. The minimum absolute atomic E-state index is 0.000164. The standard InChI is InChI=1S/C9H6Cl2N4O/c10-6-1-7(16)15(4-6)8-5(2-12)3-13-9(11)14-8/h3,6H,1,4H2. The maximum Gasteiger partial charge on any atom is 0.229 e. The molecule has 0 aromatic carbocycles. The predicted octanol–water partition coefficient (Wildman–Crippen LogP) is 1.35. The summed E-state index contributed by atoms with van der Waals surface area (Å²) in [7, 11) is 0. The molecule has 1 aliphatic rings. The smallest absolute Gasteiger partial charge is 0.229 e. The molecule has 0 radical (unpaired) electrons. The van der Waals surface area contributed by atoms with Crippen LogP contribution >= 0.6 is 23.2 Å². The molecule has 0 spiro atoms. The van der Waals surface area contributed by atoms with Crippen molar-refractivity contribution in [2.45, 2.75) is 11.8 Å². The van der Waals surface area contributed by atoms with Crippen molar-refractivity contribution in [2.24, 2.45) is 0 Å². The summed E-state index contributed by atoms with van der Waals surface area (Å²) < 4.78 is 0. The van der Waals surface area contributed by atoms with Crippen LogP contribution in [0.3, 0.4) is 0 Å². The minimum Gasteiger partial charge on any atom is -0.294 e. The summed E-state index contributed by atoms with van der Waals surface area (Å²) in [5, 5.41) is 8.62. The summed E-state index contributed by atoms with van der Waals surface area (Å²) in [5.41, 5.74) is 0.212. The van der Waals surface area contributed by atoms with Gasteiger partial charge in [0.05, 0.1) is 11.6 Å². The van der Waals surface area contributed by atoms with Crippen LogP contribution in [0.2, 0.25) is 5.28 Å². The van der Waals surface area contributed by atoms with Crippen molar-refractivity contribution in [2.75, 3.05) is 11.4 Å². The van der Waals surface area contributed by atoms with Crippen molar-refractivity contribution in [3.05, 3.63) is 17.0 Å². The van der Waals surface area contributed by atoms with Crippen molar-refractivity contribution < 1.29 is 4.79 Å². The molecule has 5 nitrogen and oxygen atoms in total. The molecule has 0 N–H and O–H groups in total. The van der Waals surface area contributed by atoms with Crippen LogP contribution in [0.4, 0.5) is 5.82 Å². The van der Waals surface area contributed by atoms with E-state index in [-0.39, 0.29) is 34.4 Å². The number of rotatable bonds is 1. The fourth-order valence-corrected chi connectivity index (χ4v) is 1.90. The summed E-state index contributed by atoms with van der Waals surface area (Å²) in [6.45, 7) is 0.336. The number of nitrogens with zero attached hydrogens (tertiary/aromatic N) is 4. The van der Waals surface area contributed by atoms with Crippen LogP contribution in [0, 0.1) is 11.3 Å². The molecule has 0 saturated carbocycles. The molecular weight excluding hydrogens is 251 g/mol. The summed E-state index contributed by atoms with van der Waals surface area (Å²) >= 11 is 11.5. The Hall–Kier alpha value is -1.38. The Bertz CT molecular complexity index is 485. The Morgan fingerprint density at radius 3 is 2.94 bits per heavy atom. The molecule has 1 saturated heterocycles. The van der Waals surface area contributed by atoms with E-state index < -0.39 is 0 Å².